The monoisotopic (exact) mass is 360 g/mol. The Hall–Kier alpha value is -3.02. The summed E-state index contributed by atoms with van der Waals surface area (Å²) in [4.78, 5) is 17.1. The van der Waals surface area contributed by atoms with E-state index in [1.165, 1.54) is 0 Å². The molecule has 1 fully saturated rings. The number of rotatable bonds is 4. The second-order valence-electron chi connectivity index (χ2n) is 6.29. The lowest BCUT2D eigenvalue weighted by molar-refractivity contribution is -0.0441. The largest absolute Gasteiger partial charge is 0.346 e. The van der Waals surface area contributed by atoms with Gasteiger partial charge in [-0.05, 0) is 29.8 Å². The van der Waals surface area contributed by atoms with E-state index >= 15 is 0 Å². The van der Waals surface area contributed by atoms with Crippen LogP contribution in [0.5, 0.6) is 0 Å². The Balaban J connectivity index is 1.62. The molecule has 1 aliphatic heterocycles. The van der Waals surface area contributed by atoms with Gasteiger partial charge in [-0.3, -0.25) is 4.79 Å². The van der Waals surface area contributed by atoms with Crippen molar-refractivity contribution in [2.24, 2.45) is 4.99 Å². The zero-order valence-electron chi connectivity index (χ0n) is 14.8. The van der Waals surface area contributed by atoms with Crippen molar-refractivity contribution in [3.05, 3.63) is 101 Å². The van der Waals surface area contributed by atoms with Crippen LogP contribution in [0.1, 0.15) is 27.8 Å². The summed E-state index contributed by atoms with van der Waals surface area (Å²) in [6.45, 7) is 1.78. The van der Waals surface area contributed by atoms with E-state index < -0.39 is 6.29 Å². The zero-order chi connectivity index (χ0) is 18.5. The summed E-state index contributed by atoms with van der Waals surface area (Å²) in [6, 6.07) is 23.0. The normalized spacial score (nSPS) is 15.2. The Bertz CT molecular complexity index is 989. The average molecular weight is 360 g/mol. The second kappa shape index (κ2) is 8.12. The highest BCUT2D eigenvalue weighted by Gasteiger charge is 2.19. The SMILES string of the molecule is O=C(N=c1ccccn1Cc1ccccc1)c1cccc(C2OCCO2)c1. The molecule has 0 spiro atoms. The van der Waals surface area contributed by atoms with Crippen LogP contribution in [0.25, 0.3) is 0 Å². The molecular formula is C22H20N2O3. The predicted molar refractivity (Wildman–Crippen MR) is 101 cm³/mol. The maximum Gasteiger partial charge on any atom is 0.278 e. The van der Waals surface area contributed by atoms with Gasteiger partial charge in [-0.15, -0.1) is 0 Å². The maximum absolute atomic E-state index is 12.7. The summed E-state index contributed by atoms with van der Waals surface area (Å²) in [5, 5.41) is 0. The highest BCUT2D eigenvalue weighted by atomic mass is 16.7. The van der Waals surface area contributed by atoms with Crippen molar-refractivity contribution in [2.45, 2.75) is 12.8 Å². The quantitative estimate of drug-likeness (QED) is 0.717. The van der Waals surface area contributed by atoms with E-state index in [-0.39, 0.29) is 5.91 Å². The first-order chi connectivity index (χ1) is 13.3. The number of hydrogen-bond donors (Lipinski definition) is 0. The molecule has 27 heavy (non-hydrogen) atoms. The van der Waals surface area contributed by atoms with Gasteiger partial charge in [0.2, 0.25) is 0 Å². The molecule has 0 radical (unpaired) electrons. The molecule has 0 saturated carbocycles. The van der Waals surface area contributed by atoms with E-state index in [4.69, 9.17) is 9.47 Å². The first-order valence-corrected chi connectivity index (χ1v) is 8.91. The van der Waals surface area contributed by atoms with E-state index in [2.05, 4.69) is 17.1 Å². The lowest BCUT2D eigenvalue weighted by Gasteiger charge is -2.10. The van der Waals surface area contributed by atoms with Crippen molar-refractivity contribution in [1.82, 2.24) is 4.57 Å². The molecule has 2 aromatic carbocycles. The van der Waals surface area contributed by atoms with Gasteiger partial charge in [0.15, 0.2) is 6.29 Å². The Morgan fingerprint density at radius 3 is 2.56 bits per heavy atom. The summed E-state index contributed by atoms with van der Waals surface area (Å²) in [5.41, 5.74) is 3.11. The van der Waals surface area contributed by atoms with Crippen molar-refractivity contribution < 1.29 is 14.3 Å². The fraction of sp³-hybridized carbons (Fsp3) is 0.182. The number of benzene rings is 2. The van der Waals surface area contributed by atoms with Crippen LogP contribution in [0, 0.1) is 0 Å². The minimum Gasteiger partial charge on any atom is -0.346 e. The first kappa shape index (κ1) is 17.4. The standard InChI is InChI=1S/C22H20N2O3/c25-21(18-9-6-10-19(15-18)22-26-13-14-27-22)23-20-11-4-5-12-24(20)16-17-7-2-1-3-8-17/h1-12,15,22H,13-14,16H2. The minimum atomic E-state index is -0.405. The number of carbonyl (C=O) groups excluding carboxylic acids is 1. The summed E-state index contributed by atoms with van der Waals surface area (Å²) in [5.74, 6) is -0.289. The van der Waals surface area contributed by atoms with Gasteiger partial charge >= 0.3 is 0 Å². The van der Waals surface area contributed by atoms with Crippen molar-refractivity contribution in [3.63, 3.8) is 0 Å². The number of aromatic nitrogens is 1. The van der Waals surface area contributed by atoms with Crippen LogP contribution in [0.2, 0.25) is 0 Å². The van der Waals surface area contributed by atoms with Gasteiger partial charge in [-0.2, -0.15) is 4.99 Å². The average Bonchev–Trinajstić information content (AvgIpc) is 3.25. The molecule has 0 unspecified atom stereocenters. The minimum absolute atomic E-state index is 0.289. The van der Waals surface area contributed by atoms with Gasteiger partial charge in [0.1, 0.15) is 5.49 Å². The molecule has 0 atom stereocenters. The number of carbonyl (C=O) groups is 1. The summed E-state index contributed by atoms with van der Waals surface area (Å²) >= 11 is 0. The first-order valence-electron chi connectivity index (χ1n) is 8.91. The van der Waals surface area contributed by atoms with E-state index in [9.17, 15) is 4.79 Å². The molecule has 136 valence electrons. The van der Waals surface area contributed by atoms with E-state index in [0.717, 1.165) is 11.1 Å². The van der Waals surface area contributed by atoms with Crippen molar-refractivity contribution in [3.8, 4) is 0 Å². The van der Waals surface area contributed by atoms with Crippen LogP contribution in [0.15, 0.2) is 84.0 Å². The Morgan fingerprint density at radius 1 is 0.963 bits per heavy atom. The van der Waals surface area contributed by atoms with Crippen molar-refractivity contribution in [2.75, 3.05) is 13.2 Å². The van der Waals surface area contributed by atoms with E-state index in [1.54, 1.807) is 12.1 Å². The number of ether oxygens (including phenoxy) is 2. The third kappa shape index (κ3) is 4.22. The van der Waals surface area contributed by atoms with E-state index in [1.807, 2.05) is 59.3 Å². The Morgan fingerprint density at radius 2 is 1.74 bits per heavy atom. The molecule has 1 aromatic heterocycles. The second-order valence-corrected chi connectivity index (χ2v) is 6.29. The number of hydrogen-bond acceptors (Lipinski definition) is 3. The number of nitrogens with zero attached hydrogens (tertiary/aromatic N) is 2. The van der Waals surface area contributed by atoms with Crippen LogP contribution >= 0.6 is 0 Å². The van der Waals surface area contributed by atoms with Crippen LogP contribution in [-0.2, 0) is 16.0 Å². The van der Waals surface area contributed by atoms with Crippen LogP contribution < -0.4 is 5.49 Å². The van der Waals surface area contributed by atoms with Gasteiger partial charge in [-0.1, -0.05) is 48.5 Å². The van der Waals surface area contributed by atoms with Crippen LogP contribution in [0.3, 0.4) is 0 Å². The van der Waals surface area contributed by atoms with Gasteiger partial charge in [0.05, 0.1) is 13.2 Å². The zero-order valence-corrected chi connectivity index (χ0v) is 14.8. The topological polar surface area (TPSA) is 52.8 Å². The van der Waals surface area contributed by atoms with Gasteiger partial charge in [0.25, 0.3) is 5.91 Å². The van der Waals surface area contributed by atoms with Crippen LogP contribution in [-0.4, -0.2) is 23.7 Å². The Kier molecular flexibility index (Phi) is 5.23. The maximum atomic E-state index is 12.7. The molecule has 3 aromatic rings. The summed E-state index contributed by atoms with van der Waals surface area (Å²) in [7, 11) is 0. The fourth-order valence-corrected chi connectivity index (χ4v) is 3.02. The molecule has 1 amide bonds. The molecule has 5 heteroatoms. The smallest absolute Gasteiger partial charge is 0.278 e. The van der Waals surface area contributed by atoms with Gasteiger partial charge < -0.3 is 14.0 Å². The number of amides is 1. The third-order valence-corrected chi connectivity index (χ3v) is 4.36. The molecule has 0 bridgehead atoms. The molecule has 4 rings (SSSR count). The molecular weight excluding hydrogens is 340 g/mol. The van der Waals surface area contributed by atoms with E-state index in [0.29, 0.717) is 30.8 Å². The summed E-state index contributed by atoms with van der Waals surface area (Å²) in [6.07, 6.45) is 1.52. The summed E-state index contributed by atoms with van der Waals surface area (Å²) < 4.78 is 13.0. The lowest BCUT2D eigenvalue weighted by Crippen LogP contribution is -2.22. The third-order valence-electron chi connectivity index (χ3n) is 4.36. The lowest BCUT2D eigenvalue weighted by atomic mass is 10.1. The van der Waals surface area contributed by atoms with Gasteiger partial charge in [0, 0.05) is 23.9 Å². The van der Waals surface area contributed by atoms with Gasteiger partial charge in [-0.25, -0.2) is 0 Å². The molecule has 2 heterocycles. The van der Waals surface area contributed by atoms with Crippen molar-refractivity contribution >= 4 is 5.91 Å². The van der Waals surface area contributed by atoms with Crippen LogP contribution in [0.4, 0.5) is 0 Å². The molecule has 0 aliphatic carbocycles. The molecule has 0 N–H and O–H groups in total. The number of pyridine rings is 1. The Labute approximate surface area is 157 Å². The predicted octanol–water partition coefficient (Wildman–Crippen LogP) is 3.32. The highest BCUT2D eigenvalue weighted by molar-refractivity contribution is 5.95. The molecule has 5 nitrogen and oxygen atoms in total. The molecule has 1 saturated heterocycles. The van der Waals surface area contributed by atoms with Crippen molar-refractivity contribution in [1.29, 1.82) is 0 Å². The highest BCUT2D eigenvalue weighted by Crippen LogP contribution is 2.23. The fourth-order valence-electron chi connectivity index (χ4n) is 3.02. The molecule has 1 aliphatic rings.